The van der Waals surface area contributed by atoms with Gasteiger partial charge in [0.2, 0.25) is 0 Å². The van der Waals surface area contributed by atoms with Crippen LogP contribution in [-0.4, -0.2) is 56.9 Å². The molecule has 0 aliphatic carbocycles. The van der Waals surface area contributed by atoms with Gasteiger partial charge in [-0.2, -0.15) is 0 Å². The third kappa shape index (κ3) is 5.78. The zero-order valence-electron chi connectivity index (χ0n) is 21.4. The molecule has 196 valence electrons. The van der Waals surface area contributed by atoms with Crippen molar-refractivity contribution in [2.24, 2.45) is 0 Å². The highest BCUT2D eigenvalue weighted by Crippen LogP contribution is 2.39. The lowest BCUT2D eigenvalue weighted by molar-refractivity contribution is 0.0578. The molecule has 37 heavy (non-hydrogen) atoms. The number of benzene rings is 2. The van der Waals surface area contributed by atoms with Gasteiger partial charge in [-0.1, -0.05) is 22.0 Å². The van der Waals surface area contributed by atoms with Crippen LogP contribution < -0.4 is 5.32 Å². The minimum absolute atomic E-state index is 0.260. The fourth-order valence-corrected chi connectivity index (χ4v) is 7.82. The van der Waals surface area contributed by atoms with E-state index in [4.69, 9.17) is 13.3 Å². The van der Waals surface area contributed by atoms with Crippen LogP contribution in [0.4, 0.5) is 5.69 Å². The van der Waals surface area contributed by atoms with Crippen molar-refractivity contribution in [3.8, 4) is 0 Å². The molecular formula is C27H32BrN3O5Si. The molecule has 2 amide bonds. The standard InChI is InChI=1S/C27H32BrN3O5Si/c1-4-34-37(35-5-2,36-6-3)17-9-16-31-26(32)20-11-13-22(28)25-23(14-12-21(24(20)25)27(31)33)30-18-19-10-7-8-15-29-19/h7-8,10-15,30H,4-6,9,16-18H2,1-3H3. The van der Waals surface area contributed by atoms with Gasteiger partial charge in [-0.05, 0) is 63.6 Å². The molecule has 2 aromatic carbocycles. The number of pyridine rings is 1. The van der Waals surface area contributed by atoms with Crippen molar-refractivity contribution in [2.75, 3.05) is 31.7 Å². The van der Waals surface area contributed by atoms with E-state index in [2.05, 4.69) is 26.2 Å². The summed E-state index contributed by atoms with van der Waals surface area (Å²) in [6.45, 7) is 7.95. The molecule has 0 fully saturated rings. The van der Waals surface area contributed by atoms with Crippen LogP contribution in [0.1, 0.15) is 53.6 Å². The van der Waals surface area contributed by atoms with Gasteiger partial charge in [-0.25, -0.2) is 0 Å². The predicted molar refractivity (Wildman–Crippen MR) is 149 cm³/mol. The smallest absolute Gasteiger partial charge is 0.379 e. The minimum Gasteiger partial charge on any atom is -0.379 e. The maximum absolute atomic E-state index is 13.5. The molecule has 4 rings (SSSR count). The highest BCUT2D eigenvalue weighted by atomic mass is 79.9. The van der Waals surface area contributed by atoms with Crippen molar-refractivity contribution in [2.45, 2.75) is 39.8 Å². The first-order valence-corrected chi connectivity index (χ1v) is 15.3. The summed E-state index contributed by atoms with van der Waals surface area (Å²) in [5.74, 6) is -0.596. The summed E-state index contributed by atoms with van der Waals surface area (Å²) >= 11 is 3.63. The number of hydrogen-bond donors (Lipinski definition) is 1. The Kier molecular flexibility index (Phi) is 9.09. The van der Waals surface area contributed by atoms with E-state index in [-0.39, 0.29) is 18.4 Å². The SMILES string of the molecule is CCO[Si](CCCN1C(=O)c2ccc(Br)c3c(NCc4ccccn4)ccc(c23)C1=O)(OCC)OCC. The van der Waals surface area contributed by atoms with Crippen LogP contribution in [0.5, 0.6) is 0 Å². The van der Waals surface area contributed by atoms with Gasteiger partial charge >= 0.3 is 8.80 Å². The molecule has 1 aromatic heterocycles. The molecule has 10 heteroatoms. The lowest BCUT2D eigenvalue weighted by atomic mass is 9.93. The molecule has 1 N–H and O–H groups in total. The minimum atomic E-state index is -2.87. The molecule has 0 saturated carbocycles. The third-order valence-electron chi connectivity index (χ3n) is 6.20. The van der Waals surface area contributed by atoms with Gasteiger partial charge in [0.05, 0.1) is 12.2 Å². The highest BCUT2D eigenvalue weighted by Gasteiger charge is 2.41. The van der Waals surface area contributed by atoms with Crippen molar-refractivity contribution in [3.63, 3.8) is 0 Å². The summed E-state index contributed by atoms with van der Waals surface area (Å²) in [7, 11) is -2.87. The van der Waals surface area contributed by atoms with Gasteiger partial charge in [0.25, 0.3) is 11.8 Å². The molecule has 0 spiro atoms. The second-order valence-corrected chi connectivity index (χ2v) is 12.1. The first-order valence-electron chi connectivity index (χ1n) is 12.6. The average molecular weight is 587 g/mol. The van der Waals surface area contributed by atoms with Crippen LogP contribution in [0.2, 0.25) is 6.04 Å². The van der Waals surface area contributed by atoms with Crippen LogP contribution in [0, 0.1) is 0 Å². The van der Waals surface area contributed by atoms with E-state index < -0.39 is 8.80 Å². The quantitative estimate of drug-likeness (QED) is 0.205. The fraction of sp³-hybridized carbons (Fsp3) is 0.370. The van der Waals surface area contributed by atoms with Crippen LogP contribution >= 0.6 is 15.9 Å². The van der Waals surface area contributed by atoms with Gasteiger partial charge in [0.15, 0.2) is 0 Å². The number of carbonyl (C=O) groups excluding carboxylic acids is 2. The second-order valence-electron chi connectivity index (χ2n) is 8.53. The highest BCUT2D eigenvalue weighted by molar-refractivity contribution is 9.10. The Labute approximate surface area is 226 Å². The molecule has 2 heterocycles. The first kappa shape index (κ1) is 27.4. The van der Waals surface area contributed by atoms with E-state index in [0.717, 1.165) is 21.2 Å². The van der Waals surface area contributed by atoms with Crippen LogP contribution in [0.25, 0.3) is 10.8 Å². The molecule has 0 unspecified atom stereocenters. The van der Waals surface area contributed by atoms with E-state index in [1.165, 1.54) is 4.90 Å². The number of halogens is 1. The molecule has 0 bridgehead atoms. The molecule has 1 aliphatic heterocycles. The number of rotatable bonds is 13. The van der Waals surface area contributed by atoms with E-state index >= 15 is 0 Å². The van der Waals surface area contributed by atoms with E-state index in [0.29, 0.717) is 55.3 Å². The Bertz CT molecular complexity index is 1230. The topological polar surface area (TPSA) is 90.0 Å². The number of nitrogens with zero attached hydrogens (tertiary/aromatic N) is 2. The summed E-state index contributed by atoms with van der Waals surface area (Å²) in [5, 5.41) is 4.88. The van der Waals surface area contributed by atoms with E-state index in [1.54, 1.807) is 18.3 Å². The average Bonchev–Trinajstić information content (AvgIpc) is 2.90. The van der Waals surface area contributed by atoms with Gasteiger partial charge in [-0.15, -0.1) is 0 Å². The number of aromatic nitrogens is 1. The van der Waals surface area contributed by atoms with E-state index in [9.17, 15) is 9.59 Å². The van der Waals surface area contributed by atoms with Crippen LogP contribution in [0.3, 0.4) is 0 Å². The fourth-order valence-electron chi connectivity index (χ4n) is 4.69. The molecule has 3 aromatic rings. The molecule has 0 atom stereocenters. The number of imide groups is 1. The van der Waals surface area contributed by atoms with Gasteiger partial charge < -0.3 is 18.6 Å². The molecule has 0 saturated heterocycles. The summed E-state index contributed by atoms with van der Waals surface area (Å²) in [4.78, 5) is 32.7. The second kappa shape index (κ2) is 12.3. The summed E-state index contributed by atoms with van der Waals surface area (Å²) in [6.07, 6.45) is 2.28. The zero-order chi connectivity index (χ0) is 26.4. The van der Waals surface area contributed by atoms with Gasteiger partial charge in [-0.3, -0.25) is 19.5 Å². The maximum atomic E-state index is 13.5. The lowest BCUT2D eigenvalue weighted by Crippen LogP contribution is -2.47. The van der Waals surface area contributed by atoms with Crippen molar-refractivity contribution < 1.29 is 22.9 Å². The Morgan fingerprint density at radius 3 is 2.14 bits per heavy atom. The van der Waals surface area contributed by atoms with Crippen molar-refractivity contribution in [1.82, 2.24) is 9.88 Å². The Morgan fingerprint density at radius 2 is 1.54 bits per heavy atom. The Balaban J connectivity index is 1.58. The molecule has 0 radical (unpaired) electrons. The summed E-state index contributed by atoms with van der Waals surface area (Å²) in [6, 6.07) is 13.6. The largest absolute Gasteiger partial charge is 0.500 e. The first-order chi connectivity index (χ1) is 17.9. The maximum Gasteiger partial charge on any atom is 0.500 e. The van der Waals surface area contributed by atoms with Crippen molar-refractivity contribution >= 4 is 53.0 Å². The number of carbonyl (C=O) groups is 2. The van der Waals surface area contributed by atoms with E-state index in [1.807, 2.05) is 51.1 Å². The summed E-state index contributed by atoms with van der Waals surface area (Å²) < 4.78 is 18.6. The number of nitrogens with one attached hydrogen (secondary N) is 1. The Hall–Kier alpha value is -2.63. The normalized spacial score (nSPS) is 13.5. The number of amides is 2. The van der Waals surface area contributed by atoms with Crippen LogP contribution in [0.15, 0.2) is 53.1 Å². The van der Waals surface area contributed by atoms with Crippen molar-refractivity contribution in [1.29, 1.82) is 0 Å². The molecule has 1 aliphatic rings. The number of hydrogen-bond acceptors (Lipinski definition) is 7. The van der Waals surface area contributed by atoms with Crippen molar-refractivity contribution in [3.05, 3.63) is 70.0 Å². The van der Waals surface area contributed by atoms with Gasteiger partial charge in [0.1, 0.15) is 0 Å². The zero-order valence-corrected chi connectivity index (χ0v) is 24.0. The Morgan fingerprint density at radius 1 is 0.892 bits per heavy atom. The monoisotopic (exact) mass is 585 g/mol. The third-order valence-corrected chi connectivity index (χ3v) is 10.0. The lowest BCUT2D eigenvalue weighted by Gasteiger charge is -2.31. The molecular weight excluding hydrogens is 554 g/mol. The summed E-state index contributed by atoms with van der Waals surface area (Å²) in [5.41, 5.74) is 2.74. The van der Waals surface area contributed by atoms with Crippen LogP contribution in [-0.2, 0) is 19.8 Å². The van der Waals surface area contributed by atoms with Gasteiger partial charge in [0, 0.05) is 70.7 Å². The molecule has 8 nitrogen and oxygen atoms in total. The number of anilines is 1. The predicted octanol–water partition coefficient (Wildman–Crippen LogP) is 5.64.